The van der Waals surface area contributed by atoms with E-state index in [1.165, 1.54) is 6.07 Å². The first kappa shape index (κ1) is 11.2. The normalized spacial score (nSPS) is 16.1. The Morgan fingerprint density at radius 3 is 2.69 bits per heavy atom. The molecule has 16 heavy (non-hydrogen) atoms. The molecular formula is C11H11ClFN2O+. The number of benzene rings is 1. The standard InChI is InChI=1S/C11H11ClFN2O/c12-8-5-9(13)10(15-14)6-11(8)16-7-3-1-2-4-7/h5-7H,1-4H2/q+1. The molecule has 1 aromatic carbocycles. The summed E-state index contributed by atoms with van der Waals surface area (Å²) in [6, 6.07) is 2.41. The Bertz CT molecular complexity index is 438. The van der Waals surface area contributed by atoms with Gasteiger partial charge in [0.1, 0.15) is 5.75 Å². The minimum absolute atomic E-state index is 0.134. The summed E-state index contributed by atoms with van der Waals surface area (Å²) in [5.74, 6) is -0.283. The molecule has 0 radical (unpaired) electrons. The number of ether oxygens (including phenoxy) is 1. The van der Waals surface area contributed by atoms with Crippen molar-refractivity contribution in [1.29, 1.82) is 5.39 Å². The fourth-order valence-electron chi connectivity index (χ4n) is 1.87. The number of hydrogen-bond acceptors (Lipinski definition) is 2. The zero-order valence-corrected chi connectivity index (χ0v) is 9.38. The van der Waals surface area contributed by atoms with E-state index in [0.29, 0.717) is 5.75 Å². The van der Waals surface area contributed by atoms with Gasteiger partial charge in [-0.25, -0.2) is 0 Å². The average Bonchev–Trinajstić information content (AvgIpc) is 2.75. The Hall–Kier alpha value is -1.34. The van der Waals surface area contributed by atoms with Crippen molar-refractivity contribution in [2.45, 2.75) is 31.8 Å². The smallest absolute Gasteiger partial charge is 0.424 e. The molecule has 0 bridgehead atoms. The Morgan fingerprint density at radius 1 is 1.38 bits per heavy atom. The van der Waals surface area contributed by atoms with Gasteiger partial charge in [-0.2, -0.15) is 4.39 Å². The molecule has 0 saturated heterocycles. The Labute approximate surface area is 97.8 Å². The number of nitrogens with zero attached hydrogens (tertiary/aromatic N) is 2. The van der Waals surface area contributed by atoms with E-state index in [0.717, 1.165) is 31.7 Å². The molecule has 0 aromatic heterocycles. The highest BCUT2D eigenvalue weighted by Gasteiger charge is 2.22. The lowest BCUT2D eigenvalue weighted by atomic mass is 10.2. The van der Waals surface area contributed by atoms with Crippen LogP contribution in [0.4, 0.5) is 10.1 Å². The maximum atomic E-state index is 13.2. The van der Waals surface area contributed by atoms with E-state index < -0.39 is 5.82 Å². The van der Waals surface area contributed by atoms with Crippen LogP contribution in [0.25, 0.3) is 4.98 Å². The molecule has 0 aliphatic heterocycles. The molecule has 0 unspecified atom stereocenters. The first-order chi connectivity index (χ1) is 7.70. The topological polar surface area (TPSA) is 37.4 Å². The van der Waals surface area contributed by atoms with Gasteiger partial charge in [-0.05, 0) is 25.7 Å². The predicted molar refractivity (Wildman–Crippen MR) is 59.0 cm³/mol. The van der Waals surface area contributed by atoms with Crippen molar-refractivity contribution in [2.75, 3.05) is 0 Å². The molecule has 1 aliphatic carbocycles. The highest BCUT2D eigenvalue weighted by Crippen LogP contribution is 2.34. The molecular weight excluding hydrogens is 231 g/mol. The molecule has 2 rings (SSSR count). The highest BCUT2D eigenvalue weighted by molar-refractivity contribution is 6.32. The van der Waals surface area contributed by atoms with Crippen molar-refractivity contribution in [3.8, 4) is 5.75 Å². The van der Waals surface area contributed by atoms with Crippen LogP contribution in [0.1, 0.15) is 25.7 Å². The second kappa shape index (κ2) is 4.67. The van der Waals surface area contributed by atoms with Gasteiger partial charge in [0.05, 0.1) is 17.2 Å². The van der Waals surface area contributed by atoms with Crippen molar-refractivity contribution in [3.05, 3.63) is 27.9 Å². The first-order valence-corrected chi connectivity index (χ1v) is 5.59. The number of hydrogen-bond donors (Lipinski definition) is 0. The van der Waals surface area contributed by atoms with E-state index in [9.17, 15) is 4.39 Å². The molecule has 0 spiro atoms. The lowest BCUT2D eigenvalue weighted by Gasteiger charge is -2.13. The summed E-state index contributed by atoms with van der Waals surface area (Å²) in [7, 11) is 0. The fraction of sp³-hybridized carbons (Fsp3) is 0.455. The van der Waals surface area contributed by atoms with Crippen LogP contribution in [0.15, 0.2) is 12.1 Å². The van der Waals surface area contributed by atoms with Gasteiger partial charge in [0.15, 0.2) is 4.98 Å². The second-order valence-electron chi connectivity index (χ2n) is 3.86. The van der Waals surface area contributed by atoms with Crippen molar-refractivity contribution >= 4 is 17.3 Å². The van der Waals surface area contributed by atoms with Gasteiger partial charge >= 0.3 is 5.69 Å². The van der Waals surface area contributed by atoms with Crippen molar-refractivity contribution in [3.63, 3.8) is 0 Å². The van der Waals surface area contributed by atoms with Crippen molar-refractivity contribution in [2.24, 2.45) is 0 Å². The molecule has 0 amide bonds. The van der Waals surface area contributed by atoms with Crippen LogP contribution >= 0.6 is 11.6 Å². The molecule has 84 valence electrons. The number of rotatable bonds is 2. The Kier molecular flexibility index (Phi) is 3.25. The van der Waals surface area contributed by atoms with Crippen LogP contribution in [0.3, 0.4) is 0 Å². The van der Waals surface area contributed by atoms with Crippen LogP contribution < -0.4 is 4.74 Å². The monoisotopic (exact) mass is 241 g/mol. The predicted octanol–water partition coefficient (Wildman–Crippen LogP) is 4.29. The van der Waals surface area contributed by atoms with Gasteiger partial charge in [0.25, 0.3) is 0 Å². The van der Waals surface area contributed by atoms with E-state index in [2.05, 4.69) is 4.98 Å². The lowest BCUT2D eigenvalue weighted by molar-refractivity contribution is 0.210. The van der Waals surface area contributed by atoms with E-state index in [4.69, 9.17) is 21.7 Å². The molecule has 0 atom stereocenters. The van der Waals surface area contributed by atoms with Gasteiger partial charge in [0.2, 0.25) is 11.2 Å². The Balaban J connectivity index is 2.23. The van der Waals surface area contributed by atoms with E-state index >= 15 is 0 Å². The molecule has 0 N–H and O–H groups in total. The quantitative estimate of drug-likeness (QED) is 0.725. The molecule has 3 nitrogen and oxygen atoms in total. The summed E-state index contributed by atoms with van der Waals surface area (Å²) in [5, 5.41) is 8.79. The third kappa shape index (κ3) is 2.25. The number of halogens is 2. The van der Waals surface area contributed by atoms with Gasteiger partial charge < -0.3 is 4.74 Å². The largest absolute Gasteiger partial charge is 0.489 e. The van der Waals surface area contributed by atoms with Gasteiger partial charge in [0, 0.05) is 6.07 Å². The summed E-state index contributed by atoms with van der Waals surface area (Å²) in [5.41, 5.74) is -0.155. The van der Waals surface area contributed by atoms with Crippen molar-refractivity contribution in [1.82, 2.24) is 0 Å². The molecule has 1 aliphatic rings. The summed E-state index contributed by atoms with van der Waals surface area (Å²) in [6.45, 7) is 0. The molecule has 1 saturated carbocycles. The first-order valence-electron chi connectivity index (χ1n) is 5.21. The van der Waals surface area contributed by atoms with E-state index in [1.807, 2.05) is 0 Å². The zero-order chi connectivity index (χ0) is 11.5. The third-order valence-corrected chi connectivity index (χ3v) is 3.00. The minimum atomic E-state index is -0.661. The molecule has 5 heteroatoms. The van der Waals surface area contributed by atoms with Crippen LogP contribution in [-0.2, 0) is 0 Å². The van der Waals surface area contributed by atoms with Crippen LogP contribution in [0.5, 0.6) is 5.75 Å². The summed E-state index contributed by atoms with van der Waals surface area (Å²) < 4.78 is 18.8. The summed E-state index contributed by atoms with van der Waals surface area (Å²) in [6.07, 6.45) is 4.38. The summed E-state index contributed by atoms with van der Waals surface area (Å²) in [4.78, 5) is 2.83. The fourth-order valence-corrected chi connectivity index (χ4v) is 2.07. The minimum Gasteiger partial charge on any atom is -0.489 e. The second-order valence-corrected chi connectivity index (χ2v) is 4.27. The maximum Gasteiger partial charge on any atom is 0.424 e. The number of diazo groups is 1. The van der Waals surface area contributed by atoms with Crippen molar-refractivity contribution < 1.29 is 9.13 Å². The lowest BCUT2D eigenvalue weighted by Crippen LogP contribution is -2.11. The maximum absolute atomic E-state index is 13.2. The van der Waals surface area contributed by atoms with E-state index in [-0.39, 0.29) is 16.8 Å². The molecule has 1 fully saturated rings. The summed E-state index contributed by atoms with van der Waals surface area (Å²) >= 11 is 5.85. The van der Waals surface area contributed by atoms with Gasteiger partial charge in [-0.1, -0.05) is 11.6 Å². The highest BCUT2D eigenvalue weighted by atomic mass is 35.5. The van der Waals surface area contributed by atoms with Crippen LogP contribution in [0, 0.1) is 11.2 Å². The SMILES string of the molecule is N#[N+]c1cc(OC2CCCC2)c(Cl)cc1F. The van der Waals surface area contributed by atoms with Gasteiger partial charge in [-0.3, -0.25) is 0 Å². The Morgan fingerprint density at radius 2 is 2.06 bits per heavy atom. The zero-order valence-electron chi connectivity index (χ0n) is 8.62. The van der Waals surface area contributed by atoms with E-state index in [1.54, 1.807) is 0 Å². The van der Waals surface area contributed by atoms with Gasteiger partial charge in [-0.15, -0.1) is 0 Å². The average molecular weight is 242 g/mol. The molecule has 1 aromatic rings. The third-order valence-electron chi connectivity index (χ3n) is 2.70. The molecule has 0 heterocycles. The van der Waals surface area contributed by atoms with Crippen LogP contribution in [-0.4, -0.2) is 6.10 Å². The van der Waals surface area contributed by atoms with Crippen LogP contribution in [0.2, 0.25) is 5.02 Å².